The Morgan fingerprint density at radius 1 is 1.47 bits per heavy atom. The Hall–Kier alpha value is -0.870. The molecule has 1 aromatic rings. The zero-order valence-corrected chi connectivity index (χ0v) is 9.37. The van der Waals surface area contributed by atoms with Crippen molar-refractivity contribution in [3.63, 3.8) is 0 Å². The van der Waals surface area contributed by atoms with Crippen molar-refractivity contribution in [3.05, 3.63) is 18.2 Å². The SMILES string of the molecule is CCN(Cc1cnc[nH]1)C1CCNCC1. The summed E-state index contributed by atoms with van der Waals surface area (Å²) in [4.78, 5) is 9.77. The Balaban J connectivity index is 1.91. The van der Waals surface area contributed by atoms with E-state index in [0.29, 0.717) is 0 Å². The lowest BCUT2D eigenvalue weighted by molar-refractivity contribution is 0.160. The highest BCUT2D eigenvalue weighted by atomic mass is 15.2. The van der Waals surface area contributed by atoms with E-state index in [1.54, 1.807) is 6.33 Å². The maximum atomic E-state index is 4.06. The van der Waals surface area contributed by atoms with Crippen LogP contribution in [0.25, 0.3) is 0 Å². The highest BCUT2D eigenvalue weighted by Crippen LogP contribution is 2.13. The molecular weight excluding hydrogens is 188 g/mol. The summed E-state index contributed by atoms with van der Waals surface area (Å²) in [6.45, 7) is 6.66. The van der Waals surface area contributed by atoms with Gasteiger partial charge < -0.3 is 10.3 Å². The fourth-order valence-corrected chi connectivity index (χ4v) is 2.26. The van der Waals surface area contributed by atoms with E-state index in [2.05, 4.69) is 27.1 Å². The van der Waals surface area contributed by atoms with Crippen LogP contribution in [-0.4, -0.2) is 40.5 Å². The van der Waals surface area contributed by atoms with Crippen LogP contribution in [0.15, 0.2) is 12.5 Å². The first kappa shape index (κ1) is 10.6. The third kappa shape index (κ3) is 2.79. The van der Waals surface area contributed by atoms with Gasteiger partial charge in [0.1, 0.15) is 0 Å². The zero-order valence-electron chi connectivity index (χ0n) is 9.37. The highest BCUT2D eigenvalue weighted by molar-refractivity contribution is 4.95. The van der Waals surface area contributed by atoms with E-state index in [1.807, 2.05) is 6.20 Å². The Kier molecular flexibility index (Phi) is 3.75. The van der Waals surface area contributed by atoms with Gasteiger partial charge in [-0.05, 0) is 32.5 Å². The van der Waals surface area contributed by atoms with Gasteiger partial charge in [0, 0.05) is 24.5 Å². The Bertz CT molecular complexity index is 264. The van der Waals surface area contributed by atoms with E-state index in [1.165, 1.54) is 18.5 Å². The van der Waals surface area contributed by atoms with Crippen LogP contribution in [-0.2, 0) is 6.54 Å². The van der Waals surface area contributed by atoms with Gasteiger partial charge in [0.15, 0.2) is 0 Å². The molecule has 0 saturated carbocycles. The number of hydrogen-bond donors (Lipinski definition) is 2. The summed E-state index contributed by atoms with van der Waals surface area (Å²) in [5.74, 6) is 0. The molecule has 0 bridgehead atoms. The first-order valence-corrected chi connectivity index (χ1v) is 5.82. The van der Waals surface area contributed by atoms with Crippen molar-refractivity contribution in [2.45, 2.75) is 32.4 Å². The van der Waals surface area contributed by atoms with Crippen molar-refractivity contribution in [1.82, 2.24) is 20.2 Å². The second kappa shape index (κ2) is 5.28. The van der Waals surface area contributed by atoms with Crippen LogP contribution in [0.4, 0.5) is 0 Å². The molecule has 1 aliphatic heterocycles. The smallest absolute Gasteiger partial charge is 0.0922 e. The normalized spacial score (nSPS) is 18.5. The molecule has 0 aliphatic carbocycles. The van der Waals surface area contributed by atoms with Gasteiger partial charge in [0.25, 0.3) is 0 Å². The summed E-state index contributed by atoms with van der Waals surface area (Å²) in [6.07, 6.45) is 6.21. The largest absolute Gasteiger partial charge is 0.347 e. The standard InChI is InChI=1S/C11H20N4/c1-2-15(8-10-7-13-9-14-10)11-3-5-12-6-4-11/h7,9,11-12H,2-6,8H2,1H3,(H,13,14). The average Bonchev–Trinajstić information content (AvgIpc) is 2.80. The molecule has 0 radical (unpaired) electrons. The number of nitrogens with one attached hydrogen (secondary N) is 2. The van der Waals surface area contributed by atoms with Crippen molar-refractivity contribution in [2.24, 2.45) is 0 Å². The molecule has 0 unspecified atom stereocenters. The number of H-pyrrole nitrogens is 1. The number of rotatable bonds is 4. The zero-order chi connectivity index (χ0) is 10.5. The van der Waals surface area contributed by atoms with Crippen molar-refractivity contribution in [3.8, 4) is 0 Å². The van der Waals surface area contributed by atoms with Crippen LogP contribution < -0.4 is 5.32 Å². The molecule has 15 heavy (non-hydrogen) atoms. The van der Waals surface area contributed by atoms with E-state index < -0.39 is 0 Å². The predicted molar refractivity (Wildman–Crippen MR) is 60.6 cm³/mol. The van der Waals surface area contributed by atoms with Crippen LogP contribution in [0.5, 0.6) is 0 Å². The molecule has 2 N–H and O–H groups in total. The van der Waals surface area contributed by atoms with Crippen LogP contribution in [0, 0.1) is 0 Å². The quantitative estimate of drug-likeness (QED) is 0.775. The van der Waals surface area contributed by atoms with Crippen LogP contribution in [0.3, 0.4) is 0 Å². The van der Waals surface area contributed by atoms with Gasteiger partial charge in [-0.25, -0.2) is 4.98 Å². The molecule has 0 amide bonds. The topological polar surface area (TPSA) is 44.0 Å². The molecule has 4 heteroatoms. The number of aromatic amines is 1. The highest BCUT2D eigenvalue weighted by Gasteiger charge is 2.19. The second-order valence-corrected chi connectivity index (χ2v) is 4.12. The Morgan fingerprint density at radius 3 is 2.87 bits per heavy atom. The molecule has 0 aromatic carbocycles. The van der Waals surface area contributed by atoms with Crippen molar-refractivity contribution >= 4 is 0 Å². The number of nitrogens with zero attached hydrogens (tertiary/aromatic N) is 2. The molecule has 0 spiro atoms. The molecule has 0 atom stereocenters. The molecule has 1 saturated heterocycles. The van der Waals surface area contributed by atoms with Crippen molar-refractivity contribution < 1.29 is 0 Å². The van der Waals surface area contributed by atoms with Crippen LogP contribution in [0.1, 0.15) is 25.5 Å². The molecule has 1 fully saturated rings. The first-order chi connectivity index (χ1) is 7.40. The number of hydrogen-bond acceptors (Lipinski definition) is 3. The summed E-state index contributed by atoms with van der Waals surface area (Å²) in [6, 6.07) is 0.736. The van der Waals surface area contributed by atoms with E-state index in [9.17, 15) is 0 Å². The lowest BCUT2D eigenvalue weighted by Crippen LogP contribution is -2.42. The molecule has 2 heterocycles. The van der Waals surface area contributed by atoms with Gasteiger partial charge in [-0.2, -0.15) is 0 Å². The van der Waals surface area contributed by atoms with Gasteiger partial charge in [0.2, 0.25) is 0 Å². The number of aromatic nitrogens is 2. The molecular formula is C11H20N4. The fourth-order valence-electron chi connectivity index (χ4n) is 2.26. The second-order valence-electron chi connectivity index (χ2n) is 4.12. The average molecular weight is 208 g/mol. The van der Waals surface area contributed by atoms with Gasteiger partial charge >= 0.3 is 0 Å². The van der Waals surface area contributed by atoms with Crippen LogP contribution >= 0.6 is 0 Å². The molecule has 1 aromatic heterocycles. The maximum absolute atomic E-state index is 4.06. The summed E-state index contributed by atoms with van der Waals surface area (Å²) in [7, 11) is 0. The van der Waals surface area contributed by atoms with E-state index in [-0.39, 0.29) is 0 Å². The fraction of sp³-hybridized carbons (Fsp3) is 0.727. The third-order valence-electron chi connectivity index (χ3n) is 3.16. The predicted octanol–water partition coefficient (Wildman–Crippen LogP) is 0.984. The van der Waals surface area contributed by atoms with E-state index in [4.69, 9.17) is 0 Å². The monoisotopic (exact) mass is 208 g/mol. The third-order valence-corrected chi connectivity index (χ3v) is 3.16. The summed E-state index contributed by atoms with van der Waals surface area (Å²) < 4.78 is 0. The lowest BCUT2D eigenvalue weighted by Gasteiger charge is -2.33. The van der Waals surface area contributed by atoms with Gasteiger partial charge in [-0.15, -0.1) is 0 Å². The minimum absolute atomic E-state index is 0.736. The molecule has 1 aliphatic rings. The molecule has 84 valence electrons. The first-order valence-electron chi connectivity index (χ1n) is 5.82. The van der Waals surface area contributed by atoms with E-state index in [0.717, 1.165) is 32.2 Å². The summed E-state index contributed by atoms with van der Waals surface area (Å²) in [5.41, 5.74) is 1.22. The summed E-state index contributed by atoms with van der Waals surface area (Å²) >= 11 is 0. The maximum Gasteiger partial charge on any atom is 0.0922 e. The molecule has 4 nitrogen and oxygen atoms in total. The van der Waals surface area contributed by atoms with Crippen molar-refractivity contribution in [2.75, 3.05) is 19.6 Å². The Morgan fingerprint density at radius 2 is 2.27 bits per heavy atom. The summed E-state index contributed by atoms with van der Waals surface area (Å²) in [5, 5.41) is 3.41. The Labute approximate surface area is 91.1 Å². The van der Waals surface area contributed by atoms with Crippen LogP contribution in [0.2, 0.25) is 0 Å². The van der Waals surface area contributed by atoms with Crippen molar-refractivity contribution in [1.29, 1.82) is 0 Å². The number of imidazole rings is 1. The minimum atomic E-state index is 0.736. The minimum Gasteiger partial charge on any atom is -0.347 e. The lowest BCUT2D eigenvalue weighted by atomic mass is 10.0. The number of piperidine rings is 1. The van der Waals surface area contributed by atoms with Gasteiger partial charge in [0.05, 0.1) is 6.33 Å². The van der Waals surface area contributed by atoms with Gasteiger partial charge in [-0.1, -0.05) is 6.92 Å². The molecule has 2 rings (SSSR count). The van der Waals surface area contributed by atoms with Gasteiger partial charge in [-0.3, -0.25) is 4.90 Å². The van der Waals surface area contributed by atoms with E-state index >= 15 is 0 Å².